The van der Waals surface area contributed by atoms with E-state index in [1.54, 1.807) is 9.80 Å². The predicted octanol–water partition coefficient (Wildman–Crippen LogP) is 1.02. The maximum atomic E-state index is 12.6. The minimum Gasteiger partial charge on any atom is -0.380 e. The Labute approximate surface area is 114 Å². The molecule has 19 heavy (non-hydrogen) atoms. The van der Waals surface area contributed by atoms with Gasteiger partial charge in [-0.3, -0.25) is 9.59 Å². The number of carbonyl (C=O) groups excluding carboxylic acids is 2. The van der Waals surface area contributed by atoms with Crippen molar-refractivity contribution in [2.75, 3.05) is 19.8 Å². The van der Waals surface area contributed by atoms with Crippen LogP contribution in [0, 0.1) is 0 Å². The maximum absolute atomic E-state index is 12.6. The van der Waals surface area contributed by atoms with Crippen molar-refractivity contribution in [2.24, 2.45) is 0 Å². The lowest BCUT2D eigenvalue weighted by molar-refractivity contribution is -0.163. The van der Waals surface area contributed by atoms with Crippen molar-refractivity contribution in [1.82, 2.24) is 9.80 Å². The molecule has 3 atom stereocenters. The van der Waals surface area contributed by atoms with Gasteiger partial charge in [0.15, 0.2) is 0 Å². The molecule has 0 spiro atoms. The SMILES string of the molecule is CCOCC(C)N1C(=O)C2CCCN2C(=O)C1CC. The zero-order valence-corrected chi connectivity index (χ0v) is 12.1. The van der Waals surface area contributed by atoms with Crippen LogP contribution in [0.4, 0.5) is 0 Å². The van der Waals surface area contributed by atoms with Crippen LogP contribution in [0.1, 0.15) is 40.0 Å². The van der Waals surface area contributed by atoms with Gasteiger partial charge in [0.2, 0.25) is 11.8 Å². The summed E-state index contributed by atoms with van der Waals surface area (Å²) in [5.74, 6) is 0.226. The third kappa shape index (κ3) is 2.48. The van der Waals surface area contributed by atoms with E-state index < -0.39 is 0 Å². The van der Waals surface area contributed by atoms with E-state index >= 15 is 0 Å². The Kier molecular flexibility index (Phi) is 4.45. The molecule has 2 fully saturated rings. The fraction of sp³-hybridized carbons (Fsp3) is 0.857. The van der Waals surface area contributed by atoms with Crippen molar-refractivity contribution in [3.63, 3.8) is 0 Å². The average Bonchev–Trinajstić information content (AvgIpc) is 2.89. The molecule has 2 rings (SSSR count). The van der Waals surface area contributed by atoms with E-state index in [4.69, 9.17) is 4.74 Å². The summed E-state index contributed by atoms with van der Waals surface area (Å²) in [4.78, 5) is 28.6. The van der Waals surface area contributed by atoms with Gasteiger partial charge in [-0.05, 0) is 33.1 Å². The fourth-order valence-corrected chi connectivity index (χ4v) is 3.19. The third-order valence-electron chi connectivity index (χ3n) is 4.12. The molecule has 2 saturated heterocycles. The van der Waals surface area contributed by atoms with Gasteiger partial charge >= 0.3 is 0 Å². The summed E-state index contributed by atoms with van der Waals surface area (Å²) in [5, 5.41) is 0. The summed E-state index contributed by atoms with van der Waals surface area (Å²) in [6.07, 6.45) is 2.41. The molecule has 108 valence electrons. The lowest BCUT2D eigenvalue weighted by atomic mass is 10.0. The van der Waals surface area contributed by atoms with Crippen LogP contribution in [0.5, 0.6) is 0 Å². The average molecular weight is 268 g/mol. The molecule has 0 N–H and O–H groups in total. The molecule has 2 aliphatic rings. The molecule has 2 heterocycles. The highest BCUT2D eigenvalue weighted by Gasteiger charge is 2.48. The van der Waals surface area contributed by atoms with Crippen LogP contribution < -0.4 is 0 Å². The Bertz CT molecular complexity index is 359. The van der Waals surface area contributed by atoms with Crippen molar-refractivity contribution >= 4 is 11.8 Å². The minimum absolute atomic E-state index is 0.0379. The van der Waals surface area contributed by atoms with Crippen molar-refractivity contribution in [3.05, 3.63) is 0 Å². The summed E-state index contributed by atoms with van der Waals surface area (Å²) in [7, 11) is 0. The molecule has 0 saturated carbocycles. The smallest absolute Gasteiger partial charge is 0.246 e. The summed E-state index contributed by atoms with van der Waals surface area (Å²) in [6.45, 7) is 7.73. The predicted molar refractivity (Wildman–Crippen MR) is 71.6 cm³/mol. The van der Waals surface area contributed by atoms with Gasteiger partial charge in [0.25, 0.3) is 0 Å². The zero-order valence-electron chi connectivity index (χ0n) is 12.1. The zero-order chi connectivity index (χ0) is 14.0. The number of amides is 2. The quantitative estimate of drug-likeness (QED) is 0.748. The van der Waals surface area contributed by atoms with Crippen LogP contribution in [-0.2, 0) is 14.3 Å². The van der Waals surface area contributed by atoms with E-state index in [9.17, 15) is 9.59 Å². The second-order valence-corrected chi connectivity index (χ2v) is 5.37. The first-order valence-electron chi connectivity index (χ1n) is 7.32. The van der Waals surface area contributed by atoms with Crippen molar-refractivity contribution in [1.29, 1.82) is 0 Å². The van der Waals surface area contributed by atoms with Crippen molar-refractivity contribution < 1.29 is 14.3 Å². The van der Waals surface area contributed by atoms with Crippen molar-refractivity contribution in [3.8, 4) is 0 Å². The van der Waals surface area contributed by atoms with Gasteiger partial charge < -0.3 is 14.5 Å². The Morgan fingerprint density at radius 3 is 2.68 bits per heavy atom. The van der Waals surface area contributed by atoms with E-state index in [0.717, 1.165) is 19.4 Å². The monoisotopic (exact) mass is 268 g/mol. The maximum Gasteiger partial charge on any atom is 0.246 e. The summed E-state index contributed by atoms with van der Waals surface area (Å²) >= 11 is 0. The van der Waals surface area contributed by atoms with Crippen LogP contribution in [0.2, 0.25) is 0 Å². The standard InChI is InChI=1S/C14H24N2O3/c1-4-11-13(17)15-8-6-7-12(15)14(18)16(11)10(3)9-19-5-2/h10-12H,4-9H2,1-3H3. The fourth-order valence-electron chi connectivity index (χ4n) is 3.19. The highest BCUT2D eigenvalue weighted by molar-refractivity contribution is 5.97. The van der Waals surface area contributed by atoms with E-state index in [0.29, 0.717) is 19.6 Å². The first-order valence-corrected chi connectivity index (χ1v) is 7.32. The number of hydrogen-bond acceptors (Lipinski definition) is 3. The van der Waals surface area contributed by atoms with E-state index in [-0.39, 0.29) is 29.9 Å². The number of ether oxygens (including phenoxy) is 1. The normalized spacial score (nSPS) is 28.8. The summed E-state index contributed by atoms with van der Waals surface area (Å²) in [5.41, 5.74) is 0. The van der Waals surface area contributed by atoms with Crippen LogP contribution >= 0.6 is 0 Å². The van der Waals surface area contributed by atoms with E-state index in [1.807, 2.05) is 20.8 Å². The number of nitrogens with zero attached hydrogens (tertiary/aromatic N) is 2. The van der Waals surface area contributed by atoms with Gasteiger partial charge in [-0.1, -0.05) is 6.92 Å². The largest absolute Gasteiger partial charge is 0.380 e. The number of piperazine rings is 1. The molecule has 0 aromatic carbocycles. The number of carbonyl (C=O) groups is 2. The van der Waals surface area contributed by atoms with E-state index in [1.165, 1.54) is 0 Å². The third-order valence-corrected chi connectivity index (χ3v) is 4.12. The number of hydrogen-bond donors (Lipinski definition) is 0. The van der Waals surface area contributed by atoms with Gasteiger partial charge in [-0.15, -0.1) is 0 Å². The van der Waals surface area contributed by atoms with Crippen LogP contribution in [0.3, 0.4) is 0 Å². The highest BCUT2D eigenvalue weighted by Crippen LogP contribution is 2.29. The van der Waals surface area contributed by atoms with Crippen LogP contribution in [-0.4, -0.2) is 59.5 Å². The van der Waals surface area contributed by atoms with Gasteiger partial charge in [0.1, 0.15) is 12.1 Å². The lowest BCUT2D eigenvalue weighted by Crippen LogP contribution is -2.65. The highest BCUT2D eigenvalue weighted by atomic mass is 16.5. The second-order valence-electron chi connectivity index (χ2n) is 5.37. The molecule has 3 unspecified atom stereocenters. The molecule has 2 amide bonds. The molecule has 5 nitrogen and oxygen atoms in total. The summed E-state index contributed by atoms with van der Waals surface area (Å²) < 4.78 is 5.42. The Morgan fingerprint density at radius 2 is 2.05 bits per heavy atom. The van der Waals surface area contributed by atoms with Crippen LogP contribution in [0.25, 0.3) is 0 Å². The molecule has 0 bridgehead atoms. The van der Waals surface area contributed by atoms with Gasteiger partial charge in [0, 0.05) is 13.2 Å². The Balaban J connectivity index is 2.18. The summed E-state index contributed by atoms with van der Waals surface area (Å²) in [6, 6.07) is -0.569. The second kappa shape index (κ2) is 5.90. The lowest BCUT2D eigenvalue weighted by Gasteiger charge is -2.44. The molecule has 0 radical (unpaired) electrons. The first-order chi connectivity index (χ1) is 9.11. The topological polar surface area (TPSA) is 49.9 Å². The van der Waals surface area contributed by atoms with Gasteiger partial charge in [-0.2, -0.15) is 0 Å². The molecule has 5 heteroatoms. The Hall–Kier alpha value is -1.10. The molecular weight excluding hydrogens is 244 g/mol. The van der Waals surface area contributed by atoms with Crippen LogP contribution in [0.15, 0.2) is 0 Å². The minimum atomic E-state index is -0.308. The van der Waals surface area contributed by atoms with E-state index in [2.05, 4.69) is 0 Å². The Morgan fingerprint density at radius 1 is 1.32 bits per heavy atom. The first kappa shape index (κ1) is 14.3. The molecule has 2 aliphatic heterocycles. The number of rotatable bonds is 5. The molecular formula is C14H24N2O3. The molecule has 0 aromatic heterocycles. The van der Waals surface area contributed by atoms with Crippen molar-refractivity contribution in [2.45, 2.75) is 58.2 Å². The number of fused-ring (bicyclic) bond motifs is 1. The van der Waals surface area contributed by atoms with Gasteiger partial charge in [0.05, 0.1) is 12.6 Å². The molecule has 0 aromatic rings. The van der Waals surface area contributed by atoms with Gasteiger partial charge in [-0.25, -0.2) is 0 Å². The molecule has 0 aliphatic carbocycles.